The van der Waals surface area contributed by atoms with Gasteiger partial charge in [0.1, 0.15) is 0 Å². The highest BCUT2D eigenvalue weighted by molar-refractivity contribution is 5.67. The first-order valence-electron chi connectivity index (χ1n) is 4.75. The number of nitrogens with zero attached hydrogens (tertiary/aromatic N) is 3. The Kier molecular flexibility index (Phi) is 4.00. The Morgan fingerprint density at radius 2 is 2.19 bits per heavy atom. The average Bonchev–Trinajstić information content (AvgIpc) is 2.30. The zero-order valence-corrected chi connectivity index (χ0v) is 9.23. The van der Waals surface area contributed by atoms with Crippen LogP contribution in [-0.2, 0) is 0 Å². The molecule has 0 N–H and O–H groups in total. The van der Waals surface area contributed by atoms with Crippen LogP contribution in [0.5, 0.6) is 0 Å². The van der Waals surface area contributed by atoms with Gasteiger partial charge in [-0.15, -0.1) is 0 Å². The molecule has 0 saturated heterocycles. The van der Waals surface area contributed by atoms with Crippen molar-refractivity contribution in [3.8, 4) is 6.07 Å². The molecule has 3 heteroatoms. The quantitative estimate of drug-likeness (QED) is 0.554. The summed E-state index contributed by atoms with van der Waals surface area (Å²) in [6.07, 6.45) is 4.64. The third-order valence-electron chi connectivity index (χ3n) is 2.16. The minimum Gasteiger partial charge on any atom is -0.256 e. The molecule has 0 bridgehead atoms. The van der Waals surface area contributed by atoms with Crippen molar-refractivity contribution in [2.45, 2.75) is 13.8 Å². The molecule has 3 nitrogen and oxygen atoms in total. The summed E-state index contributed by atoms with van der Waals surface area (Å²) >= 11 is 0. The van der Waals surface area contributed by atoms with Crippen molar-refractivity contribution in [3.63, 3.8) is 0 Å². The van der Waals surface area contributed by atoms with Gasteiger partial charge >= 0.3 is 0 Å². The lowest BCUT2D eigenvalue weighted by atomic mass is 10.1. The van der Waals surface area contributed by atoms with Crippen molar-refractivity contribution in [3.05, 3.63) is 53.3 Å². The number of allylic oxidation sites excluding steroid dienone is 3. The van der Waals surface area contributed by atoms with Crippen LogP contribution < -0.4 is 0 Å². The third kappa shape index (κ3) is 2.80. The molecule has 1 heterocycles. The third-order valence-corrected chi connectivity index (χ3v) is 2.16. The van der Waals surface area contributed by atoms with E-state index in [-0.39, 0.29) is 0 Å². The van der Waals surface area contributed by atoms with Gasteiger partial charge in [0.05, 0.1) is 18.3 Å². The van der Waals surface area contributed by atoms with E-state index in [4.69, 9.17) is 11.8 Å². The van der Waals surface area contributed by atoms with Gasteiger partial charge in [0.15, 0.2) is 6.20 Å². The summed E-state index contributed by atoms with van der Waals surface area (Å²) in [5.74, 6) is 0. The van der Waals surface area contributed by atoms with Crippen molar-refractivity contribution in [2.75, 3.05) is 0 Å². The lowest BCUT2D eigenvalue weighted by Gasteiger charge is -2.02. The Bertz CT molecular complexity index is 459. The second kappa shape index (κ2) is 5.48. The van der Waals surface area contributed by atoms with E-state index in [0.29, 0.717) is 0 Å². The van der Waals surface area contributed by atoms with Crippen LogP contribution in [0.4, 0.5) is 0 Å². The molecule has 0 fully saturated rings. The van der Waals surface area contributed by atoms with E-state index in [1.54, 1.807) is 6.20 Å². The standard InChI is InChI=1S/C13H11N3/c1-10(6-7-14)13-5-4-12(9-16-13)11(2)8-15-3/h4-6,8-9H,1-2H3/b10-6-,11-8+. The summed E-state index contributed by atoms with van der Waals surface area (Å²) in [6.45, 7) is 10.4. The molecule has 0 aromatic carbocycles. The lowest BCUT2D eigenvalue weighted by Crippen LogP contribution is -1.88. The Hall–Kier alpha value is -2.39. The smallest absolute Gasteiger partial charge is 0.157 e. The molecule has 0 amide bonds. The van der Waals surface area contributed by atoms with Crippen LogP contribution >= 0.6 is 0 Å². The Balaban J connectivity index is 3.02. The Labute approximate surface area is 95.2 Å². The summed E-state index contributed by atoms with van der Waals surface area (Å²) < 4.78 is 0. The zero-order valence-electron chi connectivity index (χ0n) is 9.23. The number of pyridine rings is 1. The predicted molar refractivity (Wildman–Crippen MR) is 63.8 cm³/mol. The molecule has 1 aromatic heterocycles. The highest BCUT2D eigenvalue weighted by Crippen LogP contribution is 2.16. The minimum absolute atomic E-state index is 0.779. The zero-order chi connectivity index (χ0) is 12.0. The fourth-order valence-corrected chi connectivity index (χ4v) is 1.20. The van der Waals surface area contributed by atoms with E-state index >= 15 is 0 Å². The van der Waals surface area contributed by atoms with Gasteiger partial charge in [-0.25, -0.2) is 4.85 Å². The van der Waals surface area contributed by atoms with Crippen LogP contribution in [0.1, 0.15) is 25.1 Å². The van der Waals surface area contributed by atoms with Gasteiger partial charge in [0, 0.05) is 12.3 Å². The van der Waals surface area contributed by atoms with E-state index in [9.17, 15) is 0 Å². The lowest BCUT2D eigenvalue weighted by molar-refractivity contribution is 1.25. The van der Waals surface area contributed by atoms with Crippen LogP contribution in [0.3, 0.4) is 0 Å². The topological polar surface area (TPSA) is 41.0 Å². The molecule has 0 aliphatic carbocycles. The molecule has 0 atom stereocenters. The molecule has 0 aliphatic heterocycles. The molecule has 0 saturated carbocycles. The fourth-order valence-electron chi connectivity index (χ4n) is 1.20. The minimum atomic E-state index is 0.779. The molecule has 0 radical (unpaired) electrons. The largest absolute Gasteiger partial charge is 0.256 e. The first-order chi connectivity index (χ1) is 7.69. The number of hydrogen-bond donors (Lipinski definition) is 0. The monoisotopic (exact) mass is 209 g/mol. The Morgan fingerprint density at radius 1 is 1.44 bits per heavy atom. The van der Waals surface area contributed by atoms with Crippen LogP contribution in [-0.4, -0.2) is 4.98 Å². The normalized spacial score (nSPS) is 11.8. The van der Waals surface area contributed by atoms with Crippen molar-refractivity contribution in [1.82, 2.24) is 4.98 Å². The maximum absolute atomic E-state index is 8.51. The van der Waals surface area contributed by atoms with Crippen LogP contribution in [0.25, 0.3) is 16.0 Å². The molecular formula is C13H11N3. The summed E-state index contributed by atoms with van der Waals surface area (Å²) in [7, 11) is 0. The van der Waals surface area contributed by atoms with Crippen molar-refractivity contribution < 1.29 is 0 Å². The SMILES string of the molecule is [C-]#[N+]/C=C(\C)c1ccc(/C(C)=C\C#N)nc1. The number of nitriles is 1. The summed E-state index contributed by atoms with van der Waals surface area (Å²) in [6, 6.07) is 5.71. The molecule has 1 rings (SSSR count). The molecule has 0 unspecified atom stereocenters. The van der Waals surface area contributed by atoms with Gasteiger partial charge in [-0.1, -0.05) is 6.07 Å². The highest BCUT2D eigenvalue weighted by atomic mass is 14.7. The highest BCUT2D eigenvalue weighted by Gasteiger charge is 1.99. The summed E-state index contributed by atoms with van der Waals surface area (Å²) in [5, 5.41) is 8.51. The molecule has 0 spiro atoms. The first-order valence-corrected chi connectivity index (χ1v) is 4.75. The molecule has 0 aliphatic rings. The van der Waals surface area contributed by atoms with Crippen molar-refractivity contribution in [2.24, 2.45) is 0 Å². The van der Waals surface area contributed by atoms with Gasteiger partial charge in [-0.3, -0.25) is 4.98 Å². The molecular weight excluding hydrogens is 198 g/mol. The second-order valence-electron chi connectivity index (χ2n) is 3.33. The van der Waals surface area contributed by atoms with Crippen LogP contribution in [0, 0.1) is 17.9 Å². The average molecular weight is 209 g/mol. The second-order valence-corrected chi connectivity index (χ2v) is 3.33. The van der Waals surface area contributed by atoms with E-state index in [1.165, 1.54) is 12.3 Å². The van der Waals surface area contributed by atoms with Crippen molar-refractivity contribution >= 4 is 11.1 Å². The van der Waals surface area contributed by atoms with E-state index in [0.717, 1.165) is 22.4 Å². The van der Waals surface area contributed by atoms with Gasteiger partial charge in [-0.05, 0) is 36.6 Å². The van der Waals surface area contributed by atoms with Gasteiger partial charge in [0.2, 0.25) is 0 Å². The molecule has 1 aromatic rings. The summed E-state index contributed by atoms with van der Waals surface area (Å²) in [4.78, 5) is 7.44. The van der Waals surface area contributed by atoms with Gasteiger partial charge in [-0.2, -0.15) is 5.26 Å². The fraction of sp³-hybridized carbons (Fsp3) is 0.154. The van der Waals surface area contributed by atoms with E-state index in [1.807, 2.05) is 32.0 Å². The molecule has 16 heavy (non-hydrogen) atoms. The molecule has 78 valence electrons. The summed E-state index contributed by atoms with van der Waals surface area (Å²) in [5.41, 5.74) is 3.42. The van der Waals surface area contributed by atoms with Gasteiger partial charge in [0.25, 0.3) is 0 Å². The first kappa shape index (κ1) is 11.7. The van der Waals surface area contributed by atoms with Gasteiger partial charge < -0.3 is 0 Å². The van der Waals surface area contributed by atoms with Crippen molar-refractivity contribution in [1.29, 1.82) is 5.26 Å². The maximum Gasteiger partial charge on any atom is 0.157 e. The number of rotatable bonds is 2. The number of aromatic nitrogens is 1. The van der Waals surface area contributed by atoms with Crippen LogP contribution in [0.2, 0.25) is 0 Å². The predicted octanol–water partition coefficient (Wildman–Crippen LogP) is 3.29. The van der Waals surface area contributed by atoms with E-state index in [2.05, 4.69) is 9.83 Å². The van der Waals surface area contributed by atoms with E-state index < -0.39 is 0 Å². The Morgan fingerprint density at radius 3 is 2.69 bits per heavy atom. The number of hydrogen-bond acceptors (Lipinski definition) is 2. The maximum atomic E-state index is 8.51. The van der Waals surface area contributed by atoms with Crippen LogP contribution in [0.15, 0.2) is 30.6 Å².